The average molecular weight is 314 g/mol. The summed E-state index contributed by atoms with van der Waals surface area (Å²) in [6, 6.07) is 4.29. The van der Waals surface area contributed by atoms with E-state index in [-0.39, 0.29) is 17.4 Å². The van der Waals surface area contributed by atoms with Gasteiger partial charge in [0.15, 0.2) is 5.78 Å². The molecular formula is C14H19FN2O3S. The normalized spacial score (nSPS) is 20.6. The monoisotopic (exact) mass is 314 g/mol. The van der Waals surface area contributed by atoms with Crippen molar-refractivity contribution in [3.05, 3.63) is 29.6 Å². The third kappa shape index (κ3) is 3.24. The van der Waals surface area contributed by atoms with Crippen LogP contribution in [0.4, 0.5) is 10.1 Å². The molecule has 1 aromatic carbocycles. The molecular weight excluding hydrogens is 295 g/mol. The van der Waals surface area contributed by atoms with Crippen LogP contribution in [0.2, 0.25) is 0 Å². The van der Waals surface area contributed by atoms with Crippen molar-refractivity contribution in [2.45, 2.75) is 19.9 Å². The molecule has 0 bridgehead atoms. The lowest BCUT2D eigenvalue weighted by Crippen LogP contribution is -2.54. The maximum atomic E-state index is 13.9. The predicted octanol–water partition coefficient (Wildman–Crippen LogP) is 1.50. The van der Waals surface area contributed by atoms with E-state index in [1.54, 1.807) is 19.1 Å². The zero-order valence-electron chi connectivity index (χ0n) is 12.3. The van der Waals surface area contributed by atoms with E-state index in [0.717, 1.165) is 0 Å². The molecule has 5 nitrogen and oxygen atoms in total. The fourth-order valence-corrected chi connectivity index (χ4v) is 3.91. The molecule has 0 unspecified atom stereocenters. The molecule has 2 rings (SSSR count). The molecule has 0 radical (unpaired) electrons. The molecule has 0 N–H and O–H groups in total. The van der Waals surface area contributed by atoms with Gasteiger partial charge >= 0.3 is 0 Å². The van der Waals surface area contributed by atoms with Gasteiger partial charge in [0.25, 0.3) is 0 Å². The molecule has 1 atom stereocenters. The van der Waals surface area contributed by atoms with E-state index in [0.29, 0.717) is 25.3 Å². The highest BCUT2D eigenvalue weighted by Gasteiger charge is 2.31. The van der Waals surface area contributed by atoms with Gasteiger partial charge in [0.1, 0.15) is 5.82 Å². The first-order chi connectivity index (χ1) is 9.71. The van der Waals surface area contributed by atoms with Gasteiger partial charge in [-0.3, -0.25) is 4.79 Å². The van der Waals surface area contributed by atoms with Gasteiger partial charge in [0.2, 0.25) is 10.0 Å². The smallest absolute Gasteiger partial charge is 0.211 e. The number of rotatable bonds is 3. The minimum Gasteiger partial charge on any atom is -0.368 e. The average Bonchev–Trinajstić information content (AvgIpc) is 2.36. The van der Waals surface area contributed by atoms with E-state index >= 15 is 0 Å². The SMILES string of the molecule is CC(=O)c1c(F)cccc1N1CCN(S(C)(=O)=O)[C@@H](C)C1. The molecule has 116 valence electrons. The molecule has 0 spiro atoms. The quantitative estimate of drug-likeness (QED) is 0.793. The number of halogens is 1. The summed E-state index contributed by atoms with van der Waals surface area (Å²) in [5, 5.41) is 0. The Kier molecular flexibility index (Phi) is 4.34. The summed E-state index contributed by atoms with van der Waals surface area (Å²) in [6.07, 6.45) is 1.18. The fraction of sp³-hybridized carbons (Fsp3) is 0.500. The van der Waals surface area contributed by atoms with E-state index in [4.69, 9.17) is 0 Å². The van der Waals surface area contributed by atoms with Gasteiger partial charge in [-0.25, -0.2) is 12.8 Å². The van der Waals surface area contributed by atoms with Crippen molar-refractivity contribution in [2.75, 3.05) is 30.8 Å². The van der Waals surface area contributed by atoms with Crippen molar-refractivity contribution in [1.29, 1.82) is 0 Å². The zero-order valence-corrected chi connectivity index (χ0v) is 13.2. The number of carbonyl (C=O) groups excluding carboxylic acids is 1. The number of piperazine rings is 1. The van der Waals surface area contributed by atoms with Crippen molar-refractivity contribution in [3.8, 4) is 0 Å². The number of ketones is 1. The maximum Gasteiger partial charge on any atom is 0.211 e. The Morgan fingerprint density at radius 2 is 2.00 bits per heavy atom. The van der Waals surface area contributed by atoms with Crippen LogP contribution >= 0.6 is 0 Å². The van der Waals surface area contributed by atoms with Gasteiger partial charge < -0.3 is 4.90 Å². The molecule has 0 aliphatic carbocycles. The Hall–Kier alpha value is -1.47. The highest BCUT2D eigenvalue weighted by molar-refractivity contribution is 7.88. The number of hydrogen-bond acceptors (Lipinski definition) is 4. The van der Waals surface area contributed by atoms with Crippen molar-refractivity contribution in [1.82, 2.24) is 4.31 Å². The highest BCUT2D eigenvalue weighted by atomic mass is 32.2. The second-order valence-electron chi connectivity index (χ2n) is 5.36. The van der Waals surface area contributed by atoms with Gasteiger partial charge in [-0.15, -0.1) is 0 Å². The second-order valence-corrected chi connectivity index (χ2v) is 7.29. The van der Waals surface area contributed by atoms with E-state index in [1.807, 2.05) is 4.90 Å². The Bertz CT molecular complexity index is 660. The number of nitrogens with zero attached hydrogens (tertiary/aromatic N) is 2. The number of carbonyl (C=O) groups is 1. The molecule has 1 aromatic rings. The second kappa shape index (κ2) is 5.73. The Morgan fingerprint density at radius 3 is 2.52 bits per heavy atom. The molecule has 21 heavy (non-hydrogen) atoms. The predicted molar refractivity (Wildman–Crippen MR) is 79.6 cm³/mol. The molecule has 1 heterocycles. The lowest BCUT2D eigenvalue weighted by Gasteiger charge is -2.40. The highest BCUT2D eigenvalue weighted by Crippen LogP contribution is 2.26. The molecule has 1 saturated heterocycles. The molecule has 1 aliphatic rings. The minimum atomic E-state index is -3.25. The van der Waals surface area contributed by atoms with Gasteiger partial charge in [-0.2, -0.15) is 4.31 Å². The van der Waals surface area contributed by atoms with Gasteiger partial charge in [-0.05, 0) is 26.0 Å². The van der Waals surface area contributed by atoms with E-state index < -0.39 is 15.8 Å². The Morgan fingerprint density at radius 1 is 1.33 bits per heavy atom. The number of benzene rings is 1. The summed E-state index contributed by atoms with van der Waals surface area (Å²) in [5.74, 6) is -0.875. The van der Waals surface area contributed by atoms with Crippen LogP contribution in [0.15, 0.2) is 18.2 Å². The van der Waals surface area contributed by atoms with Crippen LogP contribution in [0.1, 0.15) is 24.2 Å². The van der Waals surface area contributed by atoms with Crippen LogP contribution in [0, 0.1) is 5.82 Å². The number of anilines is 1. The summed E-state index contributed by atoms with van der Waals surface area (Å²) in [4.78, 5) is 13.5. The van der Waals surface area contributed by atoms with Crippen molar-refractivity contribution in [2.24, 2.45) is 0 Å². The Balaban J connectivity index is 2.31. The van der Waals surface area contributed by atoms with Crippen LogP contribution in [-0.4, -0.2) is 50.4 Å². The molecule has 7 heteroatoms. The van der Waals surface area contributed by atoms with E-state index in [1.165, 1.54) is 23.6 Å². The third-order valence-electron chi connectivity index (χ3n) is 3.68. The molecule has 0 aromatic heterocycles. The fourth-order valence-electron chi connectivity index (χ4n) is 2.78. The summed E-state index contributed by atoms with van der Waals surface area (Å²) in [5.41, 5.74) is 0.597. The van der Waals surface area contributed by atoms with Gasteiger partial charge in [0.05, 0.1) is 17.5 Å². The first-order valence-corrected chi connectivity index (χ1v) is 8.58. The van der Waals surface area contributed by atoms with Crippen LogP contribution < -0.4 is 4.90 Å². The molecule has 0 amide bonds. The number of Topliss-reactive ketones (excluding diaryl/α,β-unsaturated/α-hetero) is 1. The topological polar surface area (TPSA) is 57.7 Å². The first-order valence-electron chi connectivity index (χ1n) is 6.73. The summed E-state index contributed by atoms with van der Waals surface area (Å²) in [7, 11) is -3.25. The van der Waals surface area contributed by atoms with Crippen molar-refractivity contribution in [3.63, 3.8) is 0 Å². The standard InChI is InChI=1S/C14H19FN2O3S/c1-10-9-16(7-8-17(10)21(3,19)20)13-6-4-5-12(15)14(13)11(2)18/h4-6,10H,7-9H2,1-3H3/t10-/m0/s1. The van der Waals surface area contributed by atoms with Crippen molar-refractivity contribution >= 4 is 21.5 Å². The summed E-state index contributed by atoms with van der Waals surface area (Å²) >= 11 is 0. The Labute approximate surface area is 124 Å². The molecule has 0 saturated carbocycles. The van der Waals surface area contributed by atoms with E-state index in [2.05, 4.69) is 0 Å². The number of sulfonamides is 1. The van der Waals surface area contributed by atoms with Crippen molar-refractivity contribution < 1.29 is 17.6 Å². The summed E-state index contributed by atoms with van der Waals surface area (Å²) < 4.78 is 38.6. The zero-order chi connectivity index (χ0) is 15.8. The van der Waals surface area contributed by atoms with Crippen LogP contribution in [0.3, 0.4) is 0 Å². The van der Waals surface area contributed by atoms with Gasteiger partial charge in [0, 0.05) is 25.7 Å². The number of hydrogen-bond donors (Lipinski definition) is 0. The first kappa shape index (κ1) is 15.9. The van der Waals surface area contributed by atoms with E-state index in [9.17, 15) is 17.6 Å². The largest absolute Gasteiger partial charge is 0.368 e. The molecule has 1 aliphatic heterocycles. The summed E-state index contributed by atoms with van der Waals surface area (Å²) in [6.45, 7) is 4.32. The third-order valence-corrected chi connectivity index (χ3v) is 5.07. The lowest BCUT2D eigenvalue weighted by molar-refractivity contribution is 0.101. The maximum absolute atomic E-state index is 13.9. The minimum absolute atomic E-state index is 0.0671. The van der Waals surface area contributed by atoms with Gasteiger partial charge in [-0.1, -0.05) is 6.07 Å². The van der Waals surface area contributed by atoms with Crippen LogP contribution in [0.5, 0.6) is 0 Å². The van der Waals surface area contributed by atoms with Crippen LogP contribution in [0.25, 0.3) is 0 Å². The van der Waals surface area contributed by atoms with Crippen LogP contribution in [-0.2, 0) is 10.0 Å². The molecule has 1 fully saturated rings. The lowest BCUT2D eigenvalue weighted by atomic mass is 10.1.